The zero-order chi connectivity index (χ0) is 40.1. The number of aromatic nitrogens is 2. The van der Waals surface area contributed by atoms with E-state index in [1.54, 1.807) is 0 Å². The predicted molar refractivity (Wildman–Crippen MR) is 213 cm³/mol. The van der Waals surface area contributed by atoms with Crippen LogP contribution in [0.2, 0.25) is 0 Å². The smallest absolute Gasteiger partial charge is 0.308 e. The summed E-state index contributed by atoms with van der Waals surface area (Å²) >= 11 is 0. The van der Waals surface area contributed by atoms with E-state index in [4.69, 9.17) is 0 Å². The number of para-hydroxylation sites is 2. The van der Waals surface area contributed by atoms with E-state index >= 15 is 0 Å². The maximum absolute atomic E-state index is 14.9. The van der Waals surface area contributed by atoms with Crippen LogP contribution in [0.5, 0.6) is 0 Å². The Balaban J connectivity index is 1.63. The quantitative estimate of drug-likeness (QED) is 0.165. The molecular weight excluding hydrogens is 721 g/mol. The van der Waals surface area contributed by atoms with Gasteiger partial charge in [0.05, 0.1) is 44.6 Å². The summed E-state index contributed by atoms with van der Waals surface area (Å²) < 4.78 is 93.1. The van der Waals surface area contributed by atoms with Gasteiger partial charge in [0.25, 0.3) is 0 Å². The van der Waals surface area contributed by atoms with Crippen LogP contribution in [0.15, 0.2) is 115 Å². The van der Waals surface area contributed by atoms with Crippen LogP contribution < -0.4 is 0 Å². The van der Waals surface area contributed by atoms with Crippen molar-refractivity contribution in [3.05, 3.63) is 143 Å². The van der Waals surface area contributed by atoms with E-state index in [0.717, 1.165) is 38.7 Å². The second kappa shape index (κ2) is 12.5. The Bertz CT molecular complexity index is 2730. The van der Waals surface area contributed by atoms with Gasteiger partial charge in [0.1, 0.15) is 11.6 Å². The second-order valence-electron chi connectivity index (χ2n) is 16.4. The molecule has 0 N–H and O–H groups in total. The van der Waals surface area contributed by atoms with Crippen molar-refractivity contribution < 1.29 is 26.3 Å². The summed E-state index contributed by atoms with van der Waals surface area (Å²) in [5.74, 6) is 0. The first-order valence-electron chi connectivity index (χ1n) is 18.2. The van der Waals surface area contributed by atoms with E-state index < -0.39 is 29.0 Å². The highest BCUT2D eigenvalue weighted by molar-refractivity contribution is 6.11. The van der Waals surface area contributed by atoms with Gasteiger partial charge in [0, 0.05) is 27.1 Å². The average molecular weight is 758 g/mol. The molecule has 0 amide bonds. The lowest BCUT2D eigenvalue weighted by atomic mass is 9.86. The van der Waals surface area contributed by atoms with Crippen LogP contribution in [0.4, 0.5) is 26.3 Å². The Labute approximate surface area is 320 Å². The fourth-order valence-corrected chi connectivity index (χ4v) is 7.95. The van der Waals surface area contributed by atoms with E-state index in [0.29, 0.717) is 34.2 Å². The minimum Gasteiger partial charge on any atom is -0.308 e. The lowest BCUT2D eigenvalue weighted by Gasteiger charge is -2.23. The van der Waals surface area contributed by atoms with Crippen molar-refractivity contribution in [3.63, 3.8) is 0 Å². The molecule has 0 fully saturated rings. The molecular formula is C47H37F6N3. The van der Waals surface area contributed by atoms with Crippen LogP contribution in [0.1, 0.15) is 69.4 Å². The zero-order valence-electron chi connectivity index (χ0n) is 31.6. The number of hydrogen-bond donors (Lipinski definition) is 0. The number of nitriles is 1. The molecule has 2 heterocycles. The van der Waals surface area contributed by atoms with Gasteiger partial charge in [-0.3, -0.25) is 0 Å². The van der Waals surface area contributed by atoms with Crippen molar-refractivity contribution >= 4 is 43.6 Å². The lowest BCUT2D eigenvalue weighted by Crippen LogP contribution is -2.15. The molecule has 282 valence electrons. The predicted octanol–water partition coefficient (Wildman–Crippen LogP) is 14.1. The van der Waals surface area contributed by atoms with Crippen molar-refractivity contribution in [2.45, 2.75) is 64.7 Å². The van der Waals surface area contributed by atoms with E-state index in [-0.39, 0.29) is 33.3 Å². The van der Waals surface area contributed by atoms with Crippen molar-refractivity contribution in [1.82, 2.24) is 9.13 Å². The first-order chi connectivity index (χ1) is 26.3. The summed E-state index contributed by atoms with van der Waals surface area (Å²) in [6, 6.07) is 34.0. The number of fused-ring (bicyclic) bond motifs is 6. The summed E-state index contributed by atoms with van der Waals surface area (Å²) in [6.07, 6.45) is -10.3. The van der Waals surface area contributed by atoms with Crippen LogP contribution in [0.3, 0.4) is 0 Å². The monoisotopic (exact) mass is 757 g/mol. The second-order valence-corrected chi connectivity index (χ2v) is 16.4. The van der Waals surface area contributed by atoms with Gasteiger partial charge in [-0.05, 0) is 76.1 Å². The number of rotatable bonds is 3. The SMILES string of the molecule is CC(C)(C)c1ccc2c3ccccc3n(-c3cc(-c4c(C(F)(F)F)cccc4C(F)(F)F)cc(-n4c5ccccc5c5ccc(C(C)(C)C)cc54)c3C#N)c2c1. The standard InChI is InChI=1S/C47H37F6N3/c1-44(2,3)28-18-20-32-30-12-7-9-16-37(30)55(41(32)24-28)39-22-27(43-35(46(48,49)50)14-11-15-36(43)47(51,52)53)23-40(34(39)26-54)56-38-17-10-8-13-31(38)33-21-19-29(25-42(33)56)45(4,5)6/h7-25H,1-6H3. The average Bonchev–Trinajstić information content (AvgIpc) is 3.64. The fraction of sp³-hybridized carbons (Fsp3) is 0.213. The van der Waals surface area contributed by atoms with Gasteiger partial charge in [-0.2, -0.15) is 31.6 Å². The van der Waals surface area contributed by atoms with Crippen molar-refractivity contribution in [2.24, 2.45) is 0 Å². The summed E-state index contributed by atoms with van der Waals surface area (Å²) in [7, 11) is 0. The Morgan fingerprint density at radius 3 is 1.23 bits per heavy atom. The van der Waals surface area contributed by atoms with E-state index in [1.165, 1.54) is 12.1 Å². The lowest BCUT2D eigenvalue weighted by molar-refractivity contribution is -0.142. The third-order valence-electron chi connectivity index (χ3n) is 10.7. The molecule has 0 bridgehead atoms. The van der Waals surface area contributed by atoms with Crippen LogP contribution >= 0.6 is 0 Å². The first-order valence-corrected chi connectivity index (χ1v) is 18.2. The molecule has 0 aliphatic rings. The Hall–Kier alpha value is -6.01. The molecule has 3 nitrogen and oxygen atoms in total. The molecule has 0 unspecified atom stereocenters. The minimum atomic E-state index is -5.13. The highest BCUT2D eigenvalue weighted by atomic mass is 19.4. The highest BCUT2D eigenvalue weighted by Crippen LogP contribution is 2.48. The zero-order valence-corrected chi connectivity index (χ0v) is 31.6. The minimum absolute atomic E-state index is 0.0828. The first kappa shape index (κ1) is 36.9. The maximum Gasteiger partial charge on any atom is 0.417 e. The van der Waals surface area contributed by atoms with Gasteiger partial charge >= 0.3 is 12.4 Å². The molecule has 0 saturated carbocycles. The van der Waals surface area contributed by atoms with Crippen LogP contribution in [0, 0.1) is 11.3 Å². The van der Waals surface area contributed by atoms with Crippen molar-refractivity contribution in [2.75, 3.05) is 0 Å². The summed E-state index contributed by atoms with van der Waals surface area (Å²) in [5, 5.41) is 14.5. The van der Waals surface area contributed by atoms with E-state index in [9.17, 15) is 31.6 Å². The number of alkyl halides is 6. The normalized spacial score (nSPS) is 13.0. The number of nitrogens with zero attached hydrogens (tertiary/aromatic N) is 3. The highest BCUT2D eigenvalue weighted by Gasteiger charge is 2.41. The Morgan fingerprint density at radius 1 is 0.464 bits per heavy atom. The van der Waals surface area contributed by atoms with Gasteiger partial charge in [0.2, 0.25) is 0 Å². The molecule has 0 aliphatic heterocycles. The van der Waals surface area contributed by atoms with E-state index in [1.807, 2.05) is 94.1 Å². The summed E-state index contributed by atoms with van der Waals surface area (Å²) in [4.78, 5) is 0. The molecule has 0 aliphatic carbocycles. The van der Waals surface area contributed by atoms with Gasteiger partial charge in [-0.25, -0.2) is 0 Å². The van der Waals surface area contributed by atoms with Crippen LogP contribution in [-0.4, -0.2) is 9.13 Å². The van der Waals surface area contributed by atoms with Crippen molar-refractivity contribution in [3.8, 4) is 28.6 Å². The molecule has 2 aromatic heterocycles. The molecule has 6 aromatic carbocycles. The van der Waals surface area contributed by atoms with Gasteiger partial charge in [0.15, 0.2) is 0 Å². The van der Waals surface area contributed by atoms with Crippen LogP contribution in [-0.2, 0) is 23.2 Å². The molecule has 56 heavy (non-hydrogen) atoms. The fourth-order valence-electron chi connectivity index (χ4n) is 7.95. The Kier molecular flexibility index (Phi) is 8.25. The molecule has 9 heteroatoms. The Morgan fingerprint density at radius 2 is 0.857 bits per heavy atom. The summed E-state index contributed by atoms with van der Waals surface area (Å²) in [6.45, 7) is 12.3. The molecule has 0 saturated heterocycles. The number of benzene rings is 6. The van der Waals surface area contributed by atoms with E-state index in [2.05, 4.69) is 47.6 Å². The molecule has 0 radical (unpaired) electrons. The third-order valence-corrected chi connectivity index (χ3v) is 10.7. The molecule has 0 spiro atoms. The topological polar surface area (TPSA) is 33.6 Å². The third kappa shape index (κ3) is 5.90. The molecule has 8 aromatic rings. The molecule has 0 atom stereocenters. The number of hydrogen-bond acceptors (Lipinski definition) is 1. The van der Waals surface area contributed by atoms with Gasteiger partial charge in [-0.15, -0.1) is 0 Å². The number of halogens is 6. The van der Waals surface area contributed by atoms with Crippen LogP contribution in [0.25, 0.3) is 66.1 Å². The van der Waals surface area contributed by atoms with Crippen molar-refractivity contribution in [1.29, 1.82) is 5.26 Å². The maximum atomic E-state index is 14.9. The summed E-state index contributed by atoms with van der Waals surface area (Å²) in [5.41, 5.74) is 0.125. The van der Waals surface area contributed by atoms with Gasteiger partial charge in [-0.1, -0.05) is 108 Å². The largest absolute Gasteiger partial charge is 0.417 e. The van der Waals surface area contributed by atoms with Gasteiger partial charge < -0.3 is 9.13 Å². The molecule has 8 rings (SSSR count).